The highest BCUT2D eigenvalue weighted by Gasteiger charge is 2.27. The van der Waals surface area contributed by atoms with Gasteiger partial charge in [-0.1, -0.05) is 73.5 Å². The molecule has 0 radical (unpaired) electrons. The first-order valence-corrected chi connectivity index (χ1v) is 11.3. The molecule has 30 heavy (non-hydrogen) atoms. The highest BCUT2D eigenvalue weighted by Crippen LogP contribution is 2.44. The van der Waals surface area contributed by atoms with Crippen LogP contribution in [0.5, 0.6) is 5.75 Å². The van der Waals surface area contributed by atoms with Gasteiger partial charge in [0.05, 0.1) is 0 Å². The van der Waals surface area contributed by atoms with Gasteiger partial charge in [0.25, 0.3) is 0 Å². The quantitative estimate of drug-likeness (QED) is 0.218. The number of hydrogen-bond donors (Lipinski definition) is 1. The highest BCUT2D eigenvalue weighted by molar-refractivity contribution is 6.24. The molecule has 5 aromatic carbocycles. The third-order valence-electron chi connectivity index (χ3n) is 6.93. The minimum Gasteiger partial charge on any atom is -0.508 e. The first kappa shape index (κ1) is 18.0. The van der Waals surface area contributed by atoms with Crippen LogP contribution in [0.3, 0.4) is 0 Å². The second kappa shape index (κ2) is 6.89. The fourth-order valence-electron chi connectivity index (χ4n) is 5.52. The number of phenolic OH excluding ortho intramolecular Hbond substituents is 1. The first-order valence-electron chi connectivity index (χ1n) is 10.8. The largest absolute Gasteiger partial charge is 0.508 e. The third-order valence-corrected chi connectivity index (χ3v) is 7.45. The second-order valence-electron chi connectivity index (χ2n) is 8.65. The second-order valence-corrected chi connectivity index (χ2v) is 9.21. The lowest BCUT2D eigenvalue weighted by molar-refractivity contribution is 0.446. The molecule has 2 unspecified atom stereocenters. The Hall–Kier alpha value is -2.77. The molecule has 1 nitrogen and oxygen atoms in total. The fourth-order valence-corrected chi connectivity index (χ4v) is 5.94. The van der Waals surface area contributed by atoms with Crippen molar-refractivity contribution in [1.82, 2.24) is 0 Å². The average Bonchev–Trinajstić information content (AvgIpc) is 2.78. The maximum Gasteiger partial charge on any atom is 0.116 e. The van der Waals surface area contributed by atoms with Crippen molar-refractivity contribution in [3.8, 4) is 5.75 Å². The Labute approximate surface area is 180 Å². The molecule has 1 aliphatic rings. The number of benzene rings is 5. The minimum atomic E-state index is 0.128. The number of fused-ring (bicyclic) bond motifs is 7. The molecule has 0 spiro atoms. The molecule has 0 aromatic heterocycles. The summed E-state index contributed by atoms with van der Waals surface area (Å²) < 4.78 is 0. The van der Waals surface area contributed by atoms with E-state index in [2.05, 4.69) is 60.7 Å². The lowest BCUT2D eigenvalue weighted by Gasteiger charge is -2.29. The molecule has 6 rings (SSSR count). The maximum absolute atomic E-state index is 10.4. The predicted octanol–water partition coefficient (Wildman–Crippen LogP) is 8.27. The van der Waals surface area contributed by atoms with Gasteiger partial charge in [-0.05, 0) is 73.6 Å². The topological polar surface area (TPSA) is 20.2 Å². The number of aromatic hydroxyl groups is 1. The summed E-state index contributed by atoms with van der Waals surface area (Å²) in [6, 6.07) is 25.8. The molecule has 0 saturated heterocycles. The van der Waals surface area contributed by atoms with Crippen LogP contribution in [0.15, 0.2) is 72.8 Å². The SMILES string of the molecule is Oc1cc(C2CCCCC2Cl)c2c(ccc3c4ccc5ccccc5c4ccc32)c1. The zero-order valence-electron chi connectivity index (χ0n) is 16.7. The van der Waals surface area contributed by atoms with E-state index in [0.29, 0.717) is 5.75 Å². The van der Waals surface area contributed by atoms with E-state index in [1.54, 1.807) is 0 Å². The molecule has 0 aliphatic heterocycles. The van der Waals surface area contributed by atoms with E-state index < -0.39 is 0 Å². The van der Waals surface area contributed by atoms with Crippen LogP contribution in [0.2, 0.25) is 0 Å². The van der Waals surface area contributed by atoms with E-state index in [4.69, 9.17) is 11.6 Å². The Morgan fingerprint density at radius 2 is 1.33 bits per heavy atom. The standard InChI is InChI=1S/C28H23ClO/c29-27-8-4-3-7-24(27)26-16-19(30)15-18-10-12-23-22-11-9-17-5-1-2-6-20(17)21(22)13-14-25(23)28(18)26/h1-2,5-6,9-16,24,27,30H,3-4,7-8H2. The molecule has 0 heterocycles. The van der Waals surface area contributed by atoms with Gasteiger partial charge in [0.15, 0.2) is 0 Å². The van der Waals surface area contributed by atoms with Crippen molar-refractivity contribution in [3.05, 3.63) is 78.4 Å². The highest BCUT2D eigenvalue weighted by atomic mass is 35.5. The maximum atomic E-state index is 10.4. The van der Waals surface area contributed by atoms with Gasteiger partial charge in [0, 0.05) is 11.3 Å². The Balaban J connectivity index is 1.72. The normalized spacial score (nSPS) is 19.8. The summed E-state index contributed by atoms with van der Waals surface area (Å²) >= 11 is 6.80. The molecule has 1 saturated carbocycles. The minimum absolute atomic E-state index is 0.128. The lowest BCUT2D eigenvalue weighted by atomic mass is 9.80. The van der Waals surface area contributed by atoms with Crippen molar-refractivity contribution in [3.63, 3.8) is 0 Å². The van der Waals surface area contributed by atoms with E-state index in [9.17, 15) is 5.11 Å². The number of alkyl halides is 1. The zero-order chi connectivity index (χ0) is 20.2. The van der Waals surface area contributed by atoms with E-state index in [0.717, 1.165) is 18.2 Å². The molecule has 1 aliphatic carbocycles. The van der Waals surface area contributed by atoms with Gasteiger partial charge in [-0.25, -0.2) is 0 Å². The Bertz CT molecular complexity index is 1440. The van der Waals surface area contributed by atoms with E-state index in [-0.39, 0.29) is 11.3 Å². The number of halogens is 1. The van der Waals surface area contributed by atoms with Crippen LogP contribution in [-0.2, 0) is 0 Å². The van der Waals surface area contributed by atoms with E-state index in [1.807, 2.05) is 12.1 Å². The van der Waals surface area contributed by atoms with Crippen molar-refractivity contribution >= 4 is 54.7 Å². The summed E-state index contributed by atoms with van der Waals surface area (Å²) in [4.78, 5) is 0. The smallest absolute Gasteiger partial charge is 0.116 e. The summed E-state index contributed by atoms with van der Waals surface area (Å²) in [6.45, 7) is 0. The summed E-state index contributed by atoms with van der Waals surface area (Å²) in [6.07, 6.45) is 4.52. The molecular formula is C28H23ClO. The van der Waals surface area contributed by atoms with E-state index in [1.165, 1.54) is 56.1 Å². The van der Waals surface area contributed by atoms with Crippen LogP contribution in [0, 0.1) is 0 Å². The number of rotatable bonds is 1. The molecular weight excluding hydrogens is 388 g/mol. The van der Waals surface area contributed by atoms with Crippen LogP contribution in [-0.4, -0.2) is 10.5 Å². The Kier molecular flexibility index (Phi) is 4.14. The molecule has 0 amide bonds. The predicted molar refractivity (Wildman–Crippen MR) is 129 cm³/mol. The zero-order valence-corrected chi connectivity index (χ0v) is 17.5. The third kappa shape index (κ3) is 2.69. The summed E-state index contributed by atoms with van der Waals surface area (Å²) in [5.41, 5.74) is 1.20. The Morgan fingerprint density at radius 1 is 0.667 bits per heavy atom. The van der Waals surface area contributed by atoms with Gasteiger partial charge < -0.3 is 5.11 Å². The van der Waals surface area contributed by atoms with Crippen LogP contribution in [0.1, 0.15) is 37.2 Å². The molecule has 0 bridgehead atoms. The van der Waals surface area contributed by atoms with Crippen LogP contribution >= 0.6 is 11.6 Å². The number of hydrogen-bond acceptors (Lipinski definition) is 1. The monoisotopic (exact) mass is 410 g/mol. The summed E-state index contributed by atoms with van der Waals surface area (Å²) in [5, 5.41) is 20.5. The van der Waals surface area contributed by atoms with Gasteiger partial charge in [0.2, 0.25) is 0 Å². The van der Waals surface area contributed by atoms with E-state index >= 15 is 0 Å². The van der Waals surface area contributed by atoms with Gasteiger partial charge in [-0.15, -0.1) is 11.6 Å². The molecule has 2 heteroatoms. The number of phenols is 1. The molecule has 5 aromatic rings. The van der Waals surface area contributed by atoms with Crippen molar-refractivity contribution in [2.24, 2.45) is 0 Å². The van der Waals surface area contributed by atoms with Crippen LogP contribution < -0.4 is 0 Å². The van der Waals surface area contributed by atoms with Gasteiger partial charge in [-0.2, -0.15) is 0 Å². The average molecular weight is 411 g/mol. The van der Waals surface area contributed by atoms with Crippen LogP contribution in [0.25, 0.3) is 43.1 Å². The summed E-state index contributed by atoms with van der Waals surface area (Å²) in [7, 11) is 0. The first-order chi connectivity index (χ1) is 14.7. The van der Waals surface area contributed by atoms with Crippen molar-refractivity contribution in [2.45, 2.75) is 37.0 Å². The van der Waals surface area contributed by atoms with Crippen molar-refractivity contribution < 1.29 is 5.11 Å². The Morgan fingerprint density at radius 3 is 2.20 bits per heavy atom. The molecule has 2 atom stereocenters. The fraction of sp³-hybridized carbons (Fsp3) is 0.214. The van der Waals surface area contributed by atoms with Gasteiger partial charge in [-0.3, -0.25) is 0 Å². The summed E-state index contributed by atoms with van der Waals surface area (Å²) in [5.74, 6) is 0.617. The van der Waals surface area contributed by atoms with Gasteiger partial charge >= 0.3 is 0 Å². The van der Waals surface area contributed by atoms with Crippen LogP contribution in [0.4, 0.5) is 0 Å². The van der Waals surface area contributed by atoms with Crippen molar-refractivity contribution in [1.29, 1.82) is 0 Å². The lowest BCUT2D eigenvalue weighted by Crippen LogP contribution is -2.18. The van der Waals surface area contributed by atoms with Gasteiger partial charge in [0.1, 0.15) is 5.75 Å². The molecule has 148 valence electrons. The molecule has 1 N–H and O–H groups in total. The van der Waals surface area contributed by atoms with Crippen molar-refractivity contribution in [2.75, 3.05) is 0 Å². The molecule has 1 fully saturated rings.